The summed E-state index contributed by atoms with van der Waals surface area (Å²) in [4.78, 5) is 17.0. The van der Waals surface area contributed by atoms with Gasteiger partial charge in [0.25, 0.3) is 0 Å². The van der Waals surface area contributed by atoms with Crippen molar-refractivity contribution in [3.63, 3.8) is 0 Å². The highest BCUT2D eigenvalue weighted by Crippen LogP contribution is 2.24. The van der Waals surface area contributed by atoms with Crippen LogP contribution in [0.15, 0.2) is 39.8 Å². The molecular weight excluding hydrogens is 246 g/mol. The van der Waals surface area contributed by atoms with Gasteiger partial charge >= 0.3 is 5.97 Å². The minimum Gasteiger partial charge on any atom is -0.475 e. The summed E-state index contributed by atoms with van der Waals surface area (Å²) in [7, 11) is 0. The van der Waals surface area contributed by atoms with Crippen molar-refractivity contribution in [2.24, 2.45) is 4.99 Å². The topological polar surface area (TPSA) is 78.9 Å². The summed E-state index contributed by atoms with van der Waals surface area (Å²) in [5.74, 6) is -1.29. The van der Waals surface area contributed by atoms with Crippen LogP contribution in [0.25, 0.3) is 11.3 Å². The molecule has 2 aromatic rings. The third kappa shape index (κ3) is 2.20. The number of hydrogen-bond acceptors (Lipinski definition) is 5. The maximum Gasteiger partial charge on any atom is 0.374 e. The number of aromatic nitrogens is 1. The van der Waals surface area contributed by atoms with Gasteiger partial charge in [0.05, 0.1) is 12.9 Å². The van der Waals surface area contributed by atoms with Gasteiger partial charge in [0.2, 0.25) is 5.76 Å². The fourth-order valence-electron chi connectivity index (χ4n) is 1.93. The Kier molecular flexibility index (Phi) is 2.75. The summed E-state index contributed by atoms with van der Waals surface area (Å²) in [6.45, 7) is 1.64. The van der Waals surface area contributed by atoms with Gasteiger partial charge in [-0.15, -0.1) is 0 Å². The standard InChI is InChI=1S/C13H11N3O3/c17-13(18)12-7-11(15-19-12)9-2-1-3-10(6-9)16-5-4-14-8-16/h1-3,6-8H,4-5H2,(H,17,18). The van der Waals surface area contributed by atoms with E-state index in [4.69, 9.17) is 9.63 Å². The lowest BCUT2D eigenvalue weighted by Crippen LogP contribution is -2.17. The summed E-state index contributed by atoms with van der Waals surface area (Å²) >= 11 is 0. The fourth-order valence-corrected chi connectivity index (χ4v) is 1.93. The molecule has 0 atom stereocenters. The van der Waals surface area contributed by atoms with E-state index in [1.54, 1.807) is 6.34 Å². The van der Waals surface area contributed by atoms with E-state index in [1.807, 2.05) is 29.2 Å². The van der Waals surface area contributed by atoms with Crippen LogP contribution in [-0.2, 0) is 0 Å². The van der Waals surface area contributed by atoms with Gasteiger partial charge < -0.3 is 14.5 Å². The molecule has 0 aliphatic carbocycles. The highest BCUT2D eigenvalue weighted by Gasteiger charge is 2.14. The van der Waals surface area contributed by atoms with Gasteiger partial charge in [0.15, 0.2) is 0 Å². The van der Waals surface area contributed by atoms with Crippen LogP contribution in [0.5, 0.6) is 0 Å². The summed E-state index contributed by atoms with van der Waals surface area (Å²) in [5.41, 5.74) is 2.32. The van der Waals surface area contributed by atoms with Crippen LogP contribution in [0.3, 0.4) is 0 Å². The van der Waals surface area contributed by atoms with E-state index in [1.165, 1.54) is 6.07 Å². The first-order valence-electron chi connectivity index (χ1n) is 5.81. The lowest BCUT2D eigenvalue weighted by Gasteiger charge is -2.14. The van der Waals surface area contributed by atoms with Gasteiger partial charge in [-0.25, -0.2) is 4.79 Å². The quantitative estimate of drug-likeness (QED) is 0.908. The molecule has 96 valence electrons. The Morgan fingerprint density at radius 3 is 2.95 bits per heavy atom. The lowest BCUT2D eigenvalue weighted by molar-refractivity contribution is 0.0652. The van der Waals surface area contributed by atoms with Crippen LogP contribution < -0.4 is 4.90 Å². The Morgan fingerprint density at radius 2 is 2.26 bits per heavy atom. The molecule has 2 heterocycles. The molecule has 0 spiro atoms. The monoisotopic (exact) mass is 257 g/mol. The minimum atomic E-state index is -1.12. The average molecular weight is 257 g/mol. The van der Waals surface area contributed by atoms with Crippen molar-refractivity contribution in [1.82, 2.24) is 5.16 Å². The fraction of sp³-hybridized carbons (Fsp3) is 0.154. The number of anilines is 1. The Balaban J connectivity index is 1.93. The van der Waals surface area contributed by atoms with Crippen LogP contribution >= 0.6 is 0 Å². The lowest BCUT2D eigenvalue weighted by atomic mass is 10.1. The molecule has 0 amide bonds. The maximum absolute atomic E-state index is 10.8. The third-order valence-electron chi connectivity index (χ3n) is 2.89. The van der Waals surface area contributed by atoms with Crippen LogP contribution in [0, 0.1) is 0 Å². The first kappa shape index (κ1) is 11.5. The number of carboxylic acids is 1. The maximum atomic E-state index is 10.8. The van der Waals surface area contributed by atoms with Crippen molar-refractivity contribution < 1.29 is 14.4 Å². The van der Waals surface area contributed by atoms with Gasteiger partial charge in [-0.2, -0.15) is 0 Å². The number of carbonyl (C=O) groups is 1. The molecular formula is C13H11N3O3. The number of rotatable bonds is 3. The highest BCUT2D eigenvalue weighted by atomic mass is 16.5. The minimum absolute atomic E-state index is 0.164. The molecule has 6 nitrogen and oxygen atoms in total. The molecule has 0 saturated carbocycles. The second-order valence-electron chi connectivity index (χ2n) is 4.15. The van der Waals surface area contributed by atoms with Crippen LogP contribution in [-0.4, -0.2) is 35.7 Å². The third-order valence-corrected chi connectivity index (χ3v) is 2.89. The first-order valence-corrected chi connectivity index (χ1v) is 5.81. The first-order chi connectivity index (χ1) is 9.24. The largest absolute Gasteiger partial charge is 0.475 e. The summed E-state index contributed by atoms with van der Waals surface area (Å²) in [6.07, 6.45) is 1.80. The van der Waals surface area contributed by atoms with Gasteiger partial charge in [0.1, 0.15) is 5.69 Å². The normalized spacial score (nSPS) is 14.0. The SMILES string of the molecule is O=C(O)c1cc(-c2cccc(N3C=NCC3)c2)no1. The molecule has 0 bridgehead atoms. The zero-order chi connectivity index (χ0) is 13.2. The van der Waals surface area contributed by atoms with E-state index in [2.05, 4.69) is 10.1 Å². The van der Waals surface area contributed by atoms with E-state index in [9.17, 15) is 4.79 Å². The van der Waals surface area contributed by atoms with Crippen LogP contribution in [0.2, 0.25) is 0 Å². The predicted molar refractivity (Wildman–Crippen MR) is 69.6 cm³/mol. The van der Waals surface area contributed by atoms with Crippen molar-refractivity contribution in [1.29, 1.82) is 0 Å². The Morgan fingerprint density at radius 1 is 1.37 bits per heavy atom. The summed E-state index contributed by atoms with van der Waals surface area (Å²) < 4.78 is 4.76. The molecule has 0 saturated heterocycles. The molecule has 19 heavy (non-hydrogen) atoms. The van der Waals surface area contributed by atoms with Crippen molar-refractivity contribution in [3.8, 4) is 11.3 Å². The molecule has 1 aliphatic rings. The molecule has 1 N–H and O–H groups in total. The Hall–Kier alpha value is -2.63. The molecule has 1 aliphatic heterocycles. The number of aromatic carboxylic acids is 1. The van der Waals surface area contributed by atoms with E-state index >= 15 is 0 Å². The molecule has 6 heteroatoms. The molecule has 0 unspecified atom stereocenters. The Bertz CT molecular complexity index is 648. The Labute approximate surface area is 109 Å². The highest BCUT2D eigenvalue weighted by molar-refractivity contribution is 5.86. The van der Waals surface area contributed by atoms with E-state index in [0.29, 0.717) is 5.69 Å². The smallest absolute Gasteiger partial charge is 0.374 e. The second-order valence-corrected chi connectivity index (χ2v) is 4.15. The van der Waals surface area contributed by atoms with Crippen molar-refractivity contribution in [2.75, 3.05) is 18.0 Å². The van der Waals surface area contributed by atoms with Crippen molar-refractivity contribution in [2.45, 2.75) is 0 Å². The van der Waals surface area contributed by atoms with Gasteiger partial charge in [-0.3, -0.25) is 4.99 Å². The summed E-state index contributed by atoms with van der Waals surface area (Å²) in [5, 5.41) is 12.6. The number of carboxylic acid groups (broad SMARTS) is 1. The van der Waals surface area contributed by atoms with Crippen LogP contribution in [0.4, 0.5) is 5.69 Å². The molecule has 3 rings (SSSR count). The van der Waals surface area contributed by atoms with Gasteiger partial charge in [0, 0.05) is 23.9 Å². The second kappa shape index (κ2) is 4.56. The van der Waals surface area contributed by atoms with Crippen LogP contribution in [0.1, 0.15) is 10.6 Å². The number of benzene rings is 1. The molecule has 1 aromatic heterocycles. The van der Waals surface area contributed by atoms with E-state index < -0.39 is 5.97 Å². The zero-order valence-corrected chi connectivity index (χ0v) is 9.98. The van der Waals surface area contributed by atoms with E-state index in [0.717, 1.165) is 24.3 Å². The number of aliphatic imine (C=N–C) groups is 1. The zero-order valence-electron chi connectivity index (χ0n) is 9.98. The van der Waals surface area contributed by atoms with E-state index in [-0.39, 0.29) is 5.76 Å². The van der Waals surface area contributed by atoms with Gasteiger partial charge in [-0.05, 0) is 12.1 Å². The summed E-state index contributed by atoms with van der Waals surface area (Å²) in [6, 6.07) is 9.07. The van der Waals surface area contributed by atoms with Crippen molar-refractivity contribution >= 4 is 18.0 Å². The molecule has 1 aromatic carbocycles. The average Bonchev–Trinajstić information content (AvgIpc) is 3.10. The van der Waals surface area contributed by atoms with Crippen molar-refractivity contribution in [3.05, 3.63) is 36.1 Å². The predicted octanol–water partition coefficient (Wildman–Crippen LogP) is 1.89. The molecule has 0 radical (unpaired) electrons. The number of hydrogen-bond donors (Lipinski definition) is 1. The molecule has 0 fully saturated rings. The van der Waals surface area contributed by atoms with Gasteiger partial charge in [-0.1, -0.05) is 17.3 Å². The number of nitrogens with zero attached hydrogens (tertiary/aromatic N) is 3.